The molecule has 3 aromatic rings. The molecule has 0 saturated carbocycles. The van der Waals surface area contributed by atoms with Gasteiger partial charge in [0.2, 0.25) is 5.91 Å². The van der Waals surface area contributed by atoms with Crippen LogP contribution in [0.2, 0.25) is 10.0 Å². The van der Waals surface area contributed by atoms with Gasteiger partial charge in [0.1, 0.15) is 0 Å². The summed E-state index contributed by atoms with van der Waals surface area (Å²) in [5.74, 6) is 0.843. The highest BCUT2D eigenvalue weighted by Gasteiger charge is 2.18. The monoisotopic (exact) mass is 518 g/mol. The lowest BCUT2D eigenvalue weighted by atomic mass is 10.3. The second-order valence-electron chi connectivity index (χ2n) is 5.75. The highest BCUT2D eigenvalue weighted by Crippen LogP contribution is 2.35. The molecule has 0 spiro atoms. The molecule has 3 rings (SSSR count). The molecule has 2 heterocycles. The third-order valence-electron chi connectivity index (χ3n) is 3.87. The second kappa shape index (κ2) is 9.63. The molecular formula is C18H17BrCl2N4OS2. The number of aromatic nitrogens is 3. The van der Waals surface area contributed by atoms with Gasteiger partial charge in [0.25, 0.3) is 0 Å². The Kier molecular flexibility index (Phi) is 7.44. The number of benzene rings is 1. The van der Waals surface area contributed by atoms with E-state index >= 15 is 0 Å². The van der Waals surface area contributed by atoms with Crippen molar-refractivity contribution < 1.29 is 4.79 Å². The van der Waals surface area contributed by atoms with Gasteiger partial charge < -0.3 is 9.88 Å². The lowest BCUT2D eigenvalue weighted by Gasteiger charge is -2.08. The molecule has 0 aliphatic rings. The molecule has 148 valence electrons. The van der Waals surface area contributed by atoms with Crippen molar-refractivity contribution in [2.24, 2.45) is 0 Å². The molecule has 0 aliphatic heterocycles. The average molecular weight is 520 g/mol. The first-order chi connectivity index (χ1) is 13.4. The Morgan fingerprint density at radius 2 is 2.07 bits per heavy atom. The Balaban J connectivity index is 1.70. The summed E-state index contributed by atoms with van der Waals surface area (Å²) in [5.41, 5.74) is 0.532. The predicted octanol–water partition coefficient (Wildman–Crippen LogP) is 6.39. The van der Waals surface area contributed by atoms with E-state index in [0.717, 1.165) is 21.6 Å². The van der Waals surface area contributed by atoms with Gasteiger partial charge in [0.15, 0.2) is 11.0 Å². The minimum Gasteiger partial charge on any atom is -0.324 e. The van der Waals surface area contributed by atoms with E-state index in [1.165, 1.54) is 16.6 Å². The van der Waals surface area contributed by atoms with Crippen LogP contribution in [0.1, 0.15) is 18.7 Å². The summed E-state index contributed by atoms with van der Waals surface area (Å²) in [6.07, 6.45) is 0.959. The van der Waals surface area contributed by atoms with Crippen molar-refractivity contribution in [1.29, 1.82) is 0 Å². The number of rotatable bonds is 7. The number of aryl methyl sites for hydroxylation is 1. The average Bonchev–Trinajstić information content (AvgIpc) is 3.24. The topological polar surface area (TPSA) is 59.8 Å². The van der Waals surface area contributed by atoms with Gasteiger partial charge >= 0.3 is 0 Å². The molecule has 0 unspecified atom stereocenters. The van der Waals surface area contributed by atoms with E-state index in [4.69, 9.17) is 23.2 Å². The Morgan fingerprint density at radius 1 is 1.29 bits per heavy atom. The molecule has 2 aromatic heterocycles. The molecular weight excluding hydrogens is 503 g/mol. The van der Waals surface area contributed by atoms with Crippen LogP contribution in [0.15, 0.2) is 33.9 Å². The van der Waals surface area contributed by atoms with E-state index in [0.29, 0.717) is 27.4 Å². The third kappa shape index (κ3) is 4.91. The SMILES string of the molecule is CCc1sc(-c2nnc(SCC(=O)Nc3ccc(Cl)cc3Cl)n2CC)cc1Br. The Morgan fingerprint density at radius 3 is 2.71 bits per heavy atom. The van der Waals surface area contributed by atoms with Crippen molar-refractivity contribution in [1.82, 2.24) is 14.8 Å². The van der Waals surface area contributed by atoms with Gasteiger partial charge in [-0.3, -0.25) is 4.79 Å². The second-order valence-corrected chi connectivity index (χ2v) is 9.52. The van der Waals surface area contributed by atoms with Crippen molar-refractivity contribution in [2.45, 2.75) is 32.0 Å². The van der Waals surface area contributed by atoms with Crippen LogP contribution in [0.4, 0.5) is 5.69 Å². The number of halogens is 3. The molecule has 1 N–H and O–H groups in total. The molecule has 0 radical (unpaired) electrons. The largest absolute Gasteiger partial charge is 0.324 e. The molecule has 28 heavy (non-hydrogen) atoms. The van der Waals surface area contributed by atoms with E-state index in [-0.39, 0.29) is 11.7 Å². The Labute approximate surface area is 190 Å². The third-order valence-corrected chi connectivity index (χ3v) is 7.63. The molecule has 1 aromatic carbocycles. The summed E-state index contributed by atoms with van der Waals surface area (Å²) in [7, 11) is 0. The van der Waals surface area contributed by atoms with Crippen molar-refractivity contribution in [2.75, 3.05) is 11.1 Å². The molecule has 0 bridgehead atoms. The van der Waals surface area contributed by atoms with Crippen molar-refractivity contribution in [3.8, 4) is 10.7 Å². The lowest BCUT2D eigenvalue weighted by molar-refractivity contribution is -0.113. The number of carbonyl (C=O) groups is 1. The summed E-state index contributed by atoms with van der Waals surface area (Å²) >= 11 is 18.6. The minimum absolute atomic E-state index is 0.173. The van der Waals surface area contributed by atoms with Crippen LogP contribution in [0, 0.1) is 0 Å². The molecule has 0 aliphatic carbocycles. The standard InChI is InChI=1S/C18H17BrCl2N4OS2/c1-3-14-11(19)8-15(28-14)17-23-24-18(25(17)4-2)27-9-16(26)22-13-6-5-10(20)7-12(13)21/h5-8H,3-4,9H2,1-2H3,(H,22,26). The molecule has 1 amide bonds. The van der Waals surface area contributed by atoms with Crippen LogP contribution in [0.3, 0.4) is 0 Å². The maximum Gasteiger partial charge on any atom is 0.234 e. The van der Waals surface area contributed by atoms with Gasteiger partial charge in [-0.05, 0) is 53.5 Å². The fourth-order valence-corrected chi connectivity index (χ4v) is 5.67. The van der Waals surface area contributed by atoms with Crippen LogP contribution < -0.4 is 5.32 Å². The summed E-state index contributed by atoms with van der Waals surface area (Å²) < 4.78 is 3.11. The summed E-state index contributed by atoms with van der Waals surface area (Å²) in [4.78, 5) is 14.6. The van der Waals surface area contributed by atoms with E-state index in [9.17, 15) is 4.79 Å². The van der Waals surface area contributed by atoms with E-state index in [2.05, 4.69) is 44.4 Å². The number of hydrogen-bond donors (Lipinski definition) is 1. The van der Waals surface area contributed by atoms with Gasteiger partial charge in [-0.1, -0.05) is 41.9 Å². The minimum atomic E-state index is -0.173. The fraction of sp³-hybridized carbons (Fsp3) is 0.278. The van der Waals surface area contributed by atoms with Crippen LogP contribution in [0.25, 0.3) is 10.7 Å². The number of amides is 1. The van der Waals surface area contributed by atoms with Gasteiger partial charge in [0.05, 0.1) is 21.3 Å². The highest BCUT2D eigenvalue weighted by atomic mass is 79.9. The van der Waals surface area contributed by atoms with Gasteiger partial charge in [-0.2, -0.15) is 0 Å². The molecule has 0 atom stereocenters. The Bertz CT molecular complexity index is 1010. The number of thioether (sulfide) groups is 1. The summed E-state index contributed by atoms with van der Waals surface area (Å²) in [6.45, 7) is 4.87. The van der Waals surface area contributed by atoms with Gasteiger partial charge in [0, 0.05) is 20.9 Å². The van der Waals surface area contributed by atoms with Crippen molar-refractivity contribution in [3.63, 3.8) is 0 Å². The zero-order valence-corrected chi connectivity index (χ0v) is 19.9. The highest BCUT2D eigenvalue weighted by molar-refractivity contribution is 9.10. The zero-order valence-electron chi connectivity index (χ0n) is 15.1. The first-order valence-electron chi connectivity index (χ1n) is 8.52. The fourth-order valence-electron chi connectivity index (χ4n) is 2.53. The van der Waals surface area contributed by atoms with Crippen LogP contribution >= 0.6 is 62.2 Å². The molecule has 5 nitrogen and oxygen atoms in total. The predicted molar refractivity (Wildman–Crippen MR) is 122 cm³/mol. The van der Waals surface area contributed by atoms with Crippen LogP contribution in [0.5, 0.6) is 0 Å². The number of hydrogen-bond acceptors (Lipinski definition) is 5. The Hall–Kier alpha value is -1.06. The molecule has 10 heteroatoms. The smallest absolute Gasteiger partial charge is 0.234 e. The van der Waals surface area contributed by atoms with Crippen molar-refractivity contribution in [3.05, 3.63) is 43.7 Å². The number of nitrogens with one attached hydrogen (secondary N) is 1. The van der Waals surface area contributed by atoms with Crippen LogP contribution in [-0.2, 0) is 17.8 Å². The number of nitrogens with zero attached hydrogens (tertiary/aromatic N) is 3. The first kappa shape index (κ1) is 21.6. The number of carbonyl (C=O) groups excluding carboxylic acids is 1. The van der Waals surface area contributed by atoms with Gasteiger partial charge in [-0.25, -0.2) is 0 Å². The number of anilines is 1. The quantitative estimate of drug-likeness (QED) is 0.367. The van der Waals surface area contributed by atoms with Crippen LogP contribution in [-0.4, -0.2) is 26.4 Å². The van der Waals surface area contributed by atoms with Gasteiger partial charge in [-0.15, -0.1) is 21.5 Å². The maximum absolute atomic E-state index is 12.3. The molecule has 0 fully saturated rings. The summed E-state index contributed by atoms with van der Waals surface area (Å²) in [6, 6.07) is 7.03. The van der Waals surface area contributed by atoms with Crippen molar-refractivity contribution >= 4 is 73.8 Å². The lowest BCUT2D eigenvalue weighted by Crippen LogP contribution is -2.15. The van der Waals surface area contributed by atoms with E-state index in [1.54, 1.807) is 29.5 Å². The normalized spacial score (nSPS) is 11.0. The van der Waals surface area contributed by atoms with E-state index < -0.39 is 0 Å². The molecule has 0 saturated heterocycles. The maximum atomic E-state index is 12.3. The zero-order chi connectivity index (χ0) is 20.3. The number of thiophene rings is 1. The first-order valence-corrected chi connectivity index (χ1v) is 11.9. The van der Waals surface area contributed by atoms with E-state index in [1.807, 2.05) is 11.5 Å². The summed E-state index contributed by atoms with van der Waals surface area (Å²) in [5, 5.41) is 13.0.